The number of likely N-dealkylation sites (tertiary alicyclic amines) is 1. The number of Topliss-reactive ketones (excluding diaryl/α,β-unsaturated/α-hetero) is 2. The molecule has 3 heterocycles. The molecule has 2 aromatic rings. The van der Waals surface area contributed by atoms with Crippen LogP contribution in [0.25, 0.3) is 11.3 Å². The van der Waals surface area contributed by atoms with E-state index in [1.165, 1.54) is 17.4 Å². The van der Waals surface area contributed by atoms with E-state index in [9.17, 15) is 14.4 Å². The Balaban J connectivity index is 1.50. The number of pyridine rings is 1. The first-order valence-electron chi connectivity index (χ1n) is 15.5. The lowest BCUT2D eigenvalue weighted by Crippen LogP contribution is -2.40. The van der Waals surface area contributed by atoms with Crippen molar-refractivity contribution in [3.63, 3.8) is 0 Å². The summed E-state index contributed by atoms with van der Waals surface area (Å²) in [5, 5.41) is 0. The van der Waals surface area contributed by atoms with E-state index in [-0.39, 0.29) is 53.7 Å². The number of hydrogen-bond acceptors (Lipinski definition) is 7. The molecule has 1 saturated heterocycles. The Labute approximate surface area is 259 Å². The normalized spacial score (nSPS) is 18.5. The number of hydrogen-bond donors (Lipinski definition) is 1. The summed E-state index contributed by atoms with van der Waals surface area (Å²) in [6.45, 7) is 15.6. The van der Waals surface area contributed by atoms with E-state index in [1.807, 2.05) is 19.9 Å². The van der Waals surface area contributed by atoms with Crippen molar-refractivity contribution < 1.29 is 18.8 Å². The van der Waals surface area contributed by atoms with Gasteiger partial charge in [-0.3, -0.25) is 24.3 Å². The number of carbonyl (C=O) groups excluding carboxylic acids is 3. The van der Waals surface area contributed by atoms with E-state index in [0.717, 1.165) is 42.8 Å². The highest BCUT2D eigenvalue weighted by Gasteiger charge is 2.37. The number of aromatic nitrogens is 1. The lowest BCUT2D eigenvalue weighted by atomic mass is 9.99. The second-order valence-electron chi connectivity index (χ2n) is 11.8. The summed E-state index contributed by atoms with van der Waals surface area (Å²) in [7, 11) is 0. The highest BCUT2D eigenvalue weighted by molar-refractivity contribution is 6.02. The van der Waals surface area contributed by atoms with Gasteiger partial charge in [0, 0.05) is 66.9 Å². The number of carbonyl (C=O) groups is 3. The molecule has 0 saturated carbocycles. The summed E-state index contributed by atoms with van der Waals surface area (Å²) in [6, 6.07) is 6.11. The fourth-order valence-electron chi connectivity index (χ4n) is 6.02. The molecule has 2 N–H and O–H groups in total. The van der Waals surface area contributed by atoms with E-state index in [4.69, 9.17) is 10.7 Å². The number of fused-ring (bicyclic) bond motifs is 1. The number of nitrogen functional groups attached to an aromatic ring is 1. The molecule has 1 fully saturated rings. The molecule has 1 unspecified atom stereocenters. The Morgan fingerprint density at radius 1 is 1.16 bits per heavy atom. The maximum Gasteiger partial charge on any atom is 0.255 e. The Bertz CT molecular complexity index is 1530. The van der Waals surface area contributed by atoms with Crippen LogP contribution in [0.3, 0.4) is 0 Å². The Morgan fingerprint density at radius 2 is 1.89 bits per heavy atom. The van der Waals surface area contributed by atoms with Gasteiger partial charge in [-0.1, -0.05) is 38.1 Å². The van der Waals surface area contributed by atoms with Crippen LogP contribution in [0, 0.1) is 5.82 Å². The van der Waals surface area contributed by atoms with Crippen molar-refractivity contribution in [3.8, 4) is 11.3 Å². The maximum absolute atomic E-state index is 15.9. The van der Waals surface area contributed by atoms with Crippen molar-refractivity contribution in [2.75, 3.05) is 18.8 Å². The summed E-state index contributed by atoms with van der Waals surface area (Å²) >= 11 is 0. The molecular weight excluding hydrogens is 557 g/mol. The zero-order chi connectivity index (χ0) is 32.1. The van der Waals surface area contributed by atoms with Gasteiger partial charge < -0.3 is 10.6 Å². The van der Waals surface area contributed by atoms with Gasteiger partial charge in [0.15, 0.2) is 5.78 Å². The zero-order valence-corrected chi connectivity index (χ0v) is 26.6. The number of benzene rings is 1. The van der Waals surface area contributed by atoms with Gasteiger partial charge in [0.1, 0.15) is 17.4 Å². The van der Waals surface area contributed by atoms with Gasteiger partial charge in [-0.25, -0.2) is 9.37 Å². The third-order valence-electron chi connectivity index (χ3n) is 8.73. The van der Waals surface area contributed by atoms with Crippen molar-refractivity contribution in [2.45, 2.75) is 91.9 Å². The van der Waals surface area contributed by atoms with Gasteiger partial charge >= 0.3 is 0 Å². The largest absolute Gasteiger partial charge is 0.383 e. The molecule has 44 heavy (non-hydrogen) atoms. The molecule has 4 rings (SSSR count). The highest BCUT2D eigenvalue weighted by Crippen LogP contribution is 2.34. The molecule has 1 aromatic carbocycles. The van der Waals surface area contributed by atoms with Gasteiger partial charge in [-0.15, -0.1) is 0 Å². The van der Waals surface area contributed by atoms with Gasteiger partial charge in [-0.05, 0) is 57.4 Å². The van der Waals surface area contributed by atoms with Gasteiger partial charge in [0.2, 0.25) is 0 Å². The number of amides is 1. The number of halogens is 1. The predicted molar refractivity (Wildman–Crippen MR) is 173 cm³/mol. The lowest BCUT2D eigenvalue weighted by Gasteiger charge is -2.31. The molecule has 0 radical (unpaired) electrons. The topological polar surface area (TPSA) is 109 Å². The van der Waals surface area contributed by atoms with Crippen LogP contribution in [0.2, 0.25) is 0 Å². The number of piperidine rings is 1. The average Bonchev–Trinajstić information content (AvgIpc) is 3.33. The van der Waals surface area contributed by atoms with Crippen LogP contribution in [-0.2, 0) is 22.7 Å². The van der Waals surface area contributed by atoms with Crippen LogP contribution in [0.15, 0.2) is 53.1 Å². The Morgan fingerprint density at radius 3 is 2.50 bits per heavy atom. The fraction of sp³-hybridized carbons (Fsp3) is 0.457. The van der Waals surface area contributed by atoms with E-state index in [0.29, 0.717) is 24.5 Å². The molecule has 0 aliphatic carbocycles. The first-order chi connectivity index (χ1) is 21.0. The zero-order valence-electron chi connectivity index (χ0n) is 26.6. The standard InChI is InChI=1S/C35H44FN5O3/c1-7-23-18-40(17-16-30(23)38-29(9-3)21(4)5)19-24-10-14-31(39-34(24)37)27-13-12-26-28(33(27)36)20-41(35(26)44)32(22(6)42)15-11-25(43)8-2/h7,10,12-14,29,32H,4,8-9,11,15-20H2,1-3,5-6H3,(H2,37,39)/b23-7-,38-30?/t29-,32?/m1/s1. The minimum Gasteiger partial charge on any atom is -0.383 e. The molecule has 1 aromatic heterocycles. The van der Waals surface area contributed by atoms with Gasteiger partial charge in [0.25, 0.3) is 5.91 Å². The van der Waals surface area contributed by atoms with Gasteiger partial charge in [-0.2, -0.15) is 0 Å². The van der Waals surface area contributed by atoms with Crippen LogP contribution >= 0.6 is 0 Å². The first-order valence-corrected chi connectivity index (χ1v) is 15.5. The number of aliphatic imine (C=N–C) groups is 1. The third-order valence-corrected chi connectivity index (χ3v) is 8.73. The second kappa shape index (κ2) is 14.2. The SMILES string of the molecule is C=C(C)[C@@H](CC)N=C1CCN(Cc2ccc(-c3ccc4c(c3F)CN(C(CCC(=O)CC)C(C)=O)C4=O)nc2N)C/C1=C/C. The molecule has 234 valence electrons. The molecule has 8 nitrogen and oxygen atoms in total. The fourth-order valence-corrected chi connectivity index (χ4v) is 6.02. The van der Waals surface area contributed by atoms with Crippen molar-refractivity contribution in [1.29, 1.82) is 0 Å². The van der Waals surface area contributed by atoms with Crippen molar-refractivity contribution in [2.24, 2.45) is 4.99 Å². The van der Waals surface area contributed by atoms with E-state index < -0.39 is 17.8 Å². The van der Waals surface area contributed by atoms with Crippen LogP contribution in [0.4, 0.5) is 10.2 Å². The minimum absolute atomic E-state index is 0.0193. The summed E-state index contributed by atoms with van der Waals surface area (Å²) in [4.78, 5) is 50.7. The average molecular weight is 602 g/mol. The molecule has 0 spiro atoms. The van der Waals surface area contributed by atoms with Crippen LogP contribution in [0.1, 0.15) is 88.2 Å². The second-order valence-corrected chi connectivity index (χ2v) is 11.8. The molecule has 9 heteroatoms. The predicted octanol–water partition coefficient (Wildman–Crippen LogP) is 6.09. The van der Waals surface area contributed by atoms with Crippen molar-refractivity contribution in [1.82, 2.24) is 14.8 Å². The van der Waals surface area contributed by atoms with Crippen LogP contribution in [-0.4, -0.2) is 63.1 Å². The quantitative estimate of drug-likeness (QED) is 0.295. The smallest absolute Gasteiger partial charge is 0.255 e. The minimum atomic E-state index is -0.777. The van der Waals surface area contributed by atoms with E-state index >= 15 is 4.39 Å². The van der Waals surface area contributed by atoms with E-state index in [2.05, 4.69) is 29.5 Å². The Kier molecular flexibility index (Phi) is 10.6. The molecule has 2 aliphatic rings. The molecule has 1 amide bonds. The molecule has 0 bridgehead atoms. The number of allylic oxidation sites excluding steroid dienone is 1. The number of nitrogens with zero attached hydrogens (tertiary/aromatic N) is 4. The molecule has 2 atom stereocenters. The van der Waals surface area contributed by atoms with Crippen molar-refractivity contribution >= 4 is 29.0 Å². The number of ketones is 2. The van der Waals surface area contributed by atoms with Crippen LogP contribution < -0.4 is 5.73 Å². The Hall–Kier alpha value is -3.98. The summed E-state index contributed by atoms with van der Waals surface area (Å²) < 4.78 is 15.9. The lowest BCUT2D eigenvalue weighted by molar-refractivity contribution is -0.122. The number of anilines is 1. The highest BCUT2D eigenvalue weighted by atomic mass is 19.1. The monoisotopic (exact) mass is 601 g/mol. The van der Waals surface area contributed by atoms with Gasteiger partial charge in [0.05, 0.1) is 24.3 Å². The van der Waals surface area contributed by atoms with Crippen LogP contribution in [0.5, 0.6) is 0 Å². The molecular formula is C35H44FN5O3. The molecule has 2 aliphatic heterocycles. The van der Waals surface area contributed by atoms with E-state index in [1.54, 1.807) is 25.1 Å². The summed E-state index contributed by atoms with van der Waals surface area (Å²) in [5.74, 6) is -0.836. The maximum atomic E-state index is 15.9. The number of rotatable bonds is 12. The summed E-state index contributed by atoms with van der Waals surface area (Å²) in [6.07, 6.45) is 4.67. The first kappa shape index (κ1) is 32.9. The third kappa shape index (κ3) is 7.04. The number of nitrogens with two attached hydrogens (primary N) is 1. The summed E-state index contributed by atoms with van der Waals surface area (Å²) in [5.41, 5.74) is 11.7. The van der Waals surface area contributed by atoms with Crippen molar-refractivity contribution in [3.05, 3.63) is 70.6 Å².